The van der Waals surface area contributed by atoms with Gasteiger partial charge < -0.3 is 86.9 Å². The molecule has 2 aliphatic heterocycles. The van der Waals surface area contributed by atoms with Crippen molar-refractivity contribution in [2.45, 2.75) is 147 Å². The third-order valence-electron chi connectivity index (χ3n) is 13.5. The highest BCUT2D eigenvalue weighted by Crippen LogP contribution is 2.31. The quantitative estimate of drug-likeness (QED) is 0.0268. The van der Waals surface area contributed by atoms with E-state index in [1.807, 2.05) is 0 Å². The average Bonchev–Trinajstić information content (AvgIpc) is 1.41. The third-order valence-corrected chi connectivity index (χ3v) is 13.5. The number of likely N-dealkylation sites (tertiary alicyclic amines) is 1. The van der Waals surface area contributed by atoms with Gasteiger partial charge in [0, 0.05) is 47.1 Å². The van der Waals surface area contributed by atoms with Crippen molar-refractivity contribution in [3.63, 3.8) is 0 Å². The summed E-state index contributed by atoms with van der Waals surface area (Å²) in [5, 5.41) is 34.7. The van der Waals surface area contributed by atoms with E-state index in [1.165, 1.54) is 50.2 Å². The van der Waals surface area contributed by atoms with Crippen molar-refractivity contribution in [1.29, 1.82) is 0 Å². The largest absolute Gasteiger partial charge is 0.508 e. The lowest BCUT2D eigenvalue weighted by Crippen LogP contribution is -2.64. The van der Waals surface area contributed by atoms with Crippen LogP contribution in [0.5, 0.6) is 11.5 Å². The molecule has 3 aromatic rings. The van der Waals surface area contributed by atoms with Gasteiger partial charge in [-0.1, -0.05) is 54.6 Å². The maximum Gasteiger partial charge on any atom is 0.303 e. The molecule has 3 aromatic carbocycles. The van der Waals surface area contributed by atoms with E-state index < -0.39 is 164 Å². The fourth-order valence-electron chi connectivity index (χ4n) is 9.35. The van der Waals surface area contributed by atoms with Gasteiger partial charge in [-0.3, -0.25) is 57.5 Å². The Kier molecular flexibility index (Phi) is 25.3. The number of primary amides is 1. The van der Waals surface area contributed by atoms with Gasteiger partial charge in [-0.15, -0.1) is 0 Å². The van der Waals surface area contributed by atoms with Crippen LogP contribution in [0, 0.1) is 0 Å². The van der Waals surface area contributed by atoms with Crippen molar-refractivity contribution >= 4 is 71.1 Å². The number of carbonyl (C=O) groups excluding carboxylic acids is 12. The lowest BCUT2D eigenvalue weighted by molar-refractivity contribution is -0.316. The molecule has 2 heterocycles. The van der Waals surface area contributed by atoms with Crippen LogP contribution in [0.1, 0.15) is 71.1 Å². The molecule has 0 spiro atoms. The Hall–Kier alpha value is -9.22. The minimum atomic E-state index is -1.83. The molecule has 0 aliphatic carbocycles. The van der Waals surface area contributed by atoms with E-state index in [1.54, 1.807) is 42.5 Å². The van der Waals surface area contributed by atoms with Crippen molar-refractivity contribution in [3.8, 4) is 11.5 Å². The lowest BCUT2D eigenvalue weighted by Gasteiger charge is -2.45. The monoisotopic (exact) mass is 1200 g/mol. The first-order valence-electron chi connectivity index (χ1n) is 27.3. The normalized spacial score (nSPS) is 20.1. The molecule has 86 heavy (non-hydrogen) atoms. The molecule has 29 heteroatoms. The zero-order valence-corrected chi connectivity index (χ0v) is 48.1. The predicted octanol–water partition coefficient (Wildman–Crippen LogP) is -2.39. The van der Waals surface area contributed by atoms with E-state index in [9.17, 15) is 67.7 Å². The van der Waals surface area contributed by atoms with E-state index in [-0.39, 0.29) is 50.1 Å². The van der Waals surface area contributed by atoms with Crippen LogP contribution in [0.2, 0.25) is 0 Å². The molecule has 0 aromatic heterocycles. The summed E-state index contributed by atoms with van der Waals surface area (Å²) in [4.78, 5) is 160. The van der Waals surface area contributed by atoms with Gasteiger partial charge in [-0.2, -0.15) is 0 Å². The molecule has 2 saturated heterocycles. The van der Waals surface area contributed by atoms with Crippen molar-refractivity contribution in [2.75, 3.05) is 26.2 Å². The summed E-state index contributed by atoms with van der Waals surface area (Å²) in [6, 6.07) is 12.2. The van der Waals surface area contributed by atoms with Gasteiger partial charge in [-0.25, -0.2) is 0 Å². The second-order valence-electron chi connectivity index (χ2n) is 20.4. The molecule has 5 rings (SSSR count). The topological polar surface area (TPSA) is 428 Å². The Morgan fingerprint density at radius 2 is 1.16 bits per heavy atom. The summed E-state index contributed by atoms with van der Waals surface area (Å²) in [5.74, 6) is -10.6. The zero-order valence-electron chi connectivity index (χ0n) is 48.1. The van der Waals surface area contributed by atoms with Gasteiger partial charge in [0.25, 0.3) is 0 Å². The van der Waals surface area contributed by atoms with Gasteiger partial charge in [0.2, 0.25) is 47.3 Å². The summed E-state index contributed by atoms with van der Waals surface area (Å²) in [6.07, 6.45) is -9.77. The lowest BCUT2D eigenvalue weighted by atomic mass is 9.97. The Balaban J connectivity index is 1.35. The summed E-state index contributed by atoms with van der Waals surface area (Å²) < 4.78 is 33.7. The van der Waals surface area contributed by atoms with Crippen molar-refractivity contribution in [1.82, 2.24) is 36.8 Å². The van der Waals surface area contributed by atoms with Crippen LogP contribution in [0.15, 0.2) is 78.9 Å². The van der Waals surface area contributed by atoms with E-state index >= 15 is 0 Å². The molecule has 12 N–H and O–H groups in total. The number of ether oxygens (including phenoxy) is 6. The number of hydrogen-bond donors (Lipinski definition) is 10. The van der Waals surface area contributed by atoms with Crippen molar-refractivity contribution in [2.24, 2.45) is 11.5 Å². The van der Waals surface area contributed by atoms with Crippen LogP contribution in [-0.2, 0) is 105 Å². The molecule has 466 valence electrons. The number of phenols is 2. The number of nitrogens with zero attached hydrogens (tertiary/aromatic N) is 1. The number of benzene rings is 3. The molecule has 12 atom stereocenters. The molecule has 0 bridgehead atoms. The number of nitrogens with two attached hydrogens (primary N) is 2. The van der Waals surface area contributed by atoms with Gasteiger partial charge in [-0.05, 0) is 74.1 Å². The first-order chi connectivity index (χ1) is 40.7. The number of rotatable bonds is 28. The highest BCUT2D eigenvalue weighted by molar-refractivity contribution is 5.97. The van der Waals surface area contributed by atoms with E-state index in [0.29, 0.717) is 16.7 Å². The number of aromatic hydroxyl groups is 2. The first-order valence-corrected chi connectivity index (χ1v) is 27.3. The van der Waals surface area contributed by atoms with Crippen LogP contribution in [0.3, 0.4) is 0 Å². The maximum atomic E-state index is 14.8. The Labute approximate surface area is 494 Å². The molecule has 0 saturated carbocycles. The number of carbonyl (C=O) groups is 12. The van der Waals surface area contributed by atoms with Gasteiger partial charge in [0.15, 0.2) is 24.6 Å². The maximum absolute atomic E-state index is 14.8. The van der Waals surface area contributed by atoms with Crippen LogP contribution in [0.4, 0.5) is 0 Å². The van der Waals surface area contributed by atoms with Crippen LogP contribution in [0.25, 0.3) is 0 Å². The SMILES string of the molecule is CC(=O)OC[C@@H]1O[C@H](O[C@H](C)[C@H](NC(=O)[C@@H]2CCCN2C(=O)[C@H](Cc2ccc(O)cc2)NC(=O)CNC(=O)[C@H](Cc2ccccc2)NC(=O)[C@@H](C)NC(=O)[C@@H](N)Cc2ccc(O)cc2)C(=O)NCC(N)=O)[C@@H](OC(C)=O)[C@H](OC(C)=O)[C@H]1OC(C)=O. The summed E-state index contributed by atoms with van der Waals surface area (Å²) in [6.45, 7) is 4.61. The fraction of sp³-hybridized carbons (Fsp3) is 0.474. The molecule has 0 unspecified atom stereocenters. The summed E-state index contributed by atoms with van der Waals surface area (Å²) in [7, 11) is 0. The molecule has 2 aliphatic rings. The number of amides is 8. The third kappa shape index (κ3) is 20.8. The highest BCUT2D eigenvalue weighted by atomic mass is 16.7. The Morgan fingerprint density at radius 1 is 0.616 bits per heavy atom. The standard InChI is InChI=1S/C57H73N9O20/c1-29(62-52(76)40(58)23-36-14-18-38(71)19-15-36)51(75)64-41(24-35-11-8-7-9-12-35)53(77)61-27-46(74)63-42(25-37-16-20-39(72)21-17-37)56(80)66-22-10-13-43(66)54(78)65-47(55(79)60-26-45(59)73)30(2)82-57-50(85-34(6)70)49(84-33(5)69)48(83-32(4)68)44(86-57)28-81-31(3)67/h7-9,11-12,14-21,29-30,40-44,47-50,57,71-72H,10,13,22-28,58H2,1-6H3,(H2,59,73)(H,60,79)(H,61,77)(H,62,76)(H,63,74)(H,64,75)(H,65,78)/t29-,30-,40+,41+,42+,43+,44+,47+,48+,49-,50+,57+/m1/s1. The van der Waals surface area contributed by atoms with Crippen LogP contribution >= 0.6 is 0 Å². The number of hydrogen-bond acceptors (Lipinski definition) is 21. The molecule has 2 fully saturated rings. The van der Waals surface area contributed by atoms with Crippen LogP contribution in [-0.4, -0.2) is 186 Å². The van der Waals surface area contributed by atoms with Crippen molar-refractivity contribution < 1.29 is 96.2 Å². The summed E-state index contributed by atoms with van der Waals surface area (Å²) >= 11 is 0. The van der Waals surface area contributed by atoms with Gasteiger partial charge in [0.1, 0.15) is 54.4 Å². The first kappa shape index (κ1) is 67.6. The fourth-order valence-corrected chi connectivity index (χ4v) is 9.35. The number of nitrogens with one attached hydrogen (secondary N) is 6. The highest BCUT2D eigenvalue weighted by Gasteiger charge is 2.54. The van der Waals surface area contributed by atoms with Gasteiger partial charge in [0.05, 0.1) is 25.2 Å². The van der Waals surface area contributed by atoms with E-state index in [4.69, 9.17) is 39.9 Å². The number of esters is 4. The van der Waals surface area contributed by atoms with Gasteiger partial charge >= 0.3 is 23.9 Å². The molecule has 29 nitrogen and oxygen atoms in total. The molecule has 8 amide bonds. The molecular formula is C57H73N9O20. The number of phenolic OH excluding ortho intramolecular Hbond substituents is 2. The van der Waals surface area contributed by atoms with E-state index in [0.717, 1.165) is 32.6 Å². The summed E-state index contributed by atoms with van der Waals surface area (Å²) in [5.41, 5.74) is 13.2. The molecule has 0 radical (unpaired) electrons. The predicted molar refractivity (Wildman–Crippen MR) is 298 cm³/mol. The Bertz CT molecular complexity index is 2920. The average molecular weight is 1200 g/mol. The minimum Gasteiger partial charge on any atom is -0.508 e. The zero-order chi connectivity index (χ0) is 63.4. The Morgan fingerprint density at radius 3 is 1.74 bits per heavy atom. The minimum absolute atomic E-state index is 0.0154. The van der Waals surface area contributed by atoms with Crippen LogP contribution < -0.4 is 43.4 Å². The second kappa shape index (κ2) is 32.2. The molecular weight excluding hydrogens is 1130 g/mol. The smallest absolute Gasteiger partial charge is 0.303 e. The second-order valence-corrected chi connectivity index (χ2v) is 20.4. The van der Waals surface area contributed by atoms with E-state index in [2.05, 4.69) is 31.9 Å². The van der Waals surface area contributed by atoms with Crippen molar-refractivity contribution in [3.05, 3.63) is 95.6 Å².